The van der Waals surface area contributed by atoms with Gasteiger partial charge in [0.25, 0.3) is 0 Å². The van der Waals surface area contributed by atoms with E-state index in [1.54, 1.807) is 24.3 Å². The SMILES string of the molecule is Cc1cccc(NC(=O)CSc2nnnn2-c2ccccc2F)n1. The van der Waals surface area contributed by atoms with Gasteiger partial charge in [0.05, 0.1) is 5.75 Å². The molecule has 122 valence electrons. The minimum atomic E-state index is -0.444. The number of hydrogen-bond donors (Lipinski definition) is 1. The highest BCUT2D eigenvalue weighted by Crippen LogP contribution is 2.20. The molecule has 0 saturated heterocycles. The van der Waals surface area contributed by atoms with E-state index in [2.05, 4.69) is 25.8 Å². The van der Waals surface area contributed by atoms with Gasteiger partial charge in [0.1, 0.15) is 17.3 Å². The molecule has 0 unspecified atom stereocenters. The second-order valence-corrected chi connectivity index (χ2v) is 5.77. The Bertz CT molecular complexity index is 868. The Labute approximate surface area is 141 Å². The Kier molecular flexibility index (Phi) is 4.80. The summed E-state index contributed by atoms with van der Waals surface area (Å²) in [6.45, 7) is 1.84. The van der Waals surface area contributed by atoms with Gasteiger partial charge in [0.2, 0.25) is 11.1 Å². The number of nitrogens with one attached hydrogen (secondary N) is 1. The van der Waals surface area contributed by atoms with Crippen LogP contribution in [0.1, 0.15) is 5.69 Å². The molecule has 0 bridgehead atoms. The molecule has 7 nitrogen and oxygen atoms in total. The van der Waals surface area contributed by atoms with E-state index >= 15 is 0 Å². The van der Waals surface area contributed by atoms with Gasteiger partial charge in [-0.25, -0.2) is 9.37 Å². The quantitative estimate of drug-likeness (QED) is 0.715. The molecule has 0 fully saturated rings. The molecular weight excluding hydrogens is 331 g/mol. The summed E-state index contributed by atoms with van der Waals surface area (Å²) in [5, 5.41) is 14.2. The van der Waals surface area contributed by atoms with E-state index < -0.39 is 5.82 Å². The lowest BCUT2D eigenvalue weighted by molar-refractivity contribution is -0.113. The molecule has 2 heterocycles. The molecule has 0 atom stereocenters. The average Bonchev–Trinajstić information content (AvgIpc) is 3.02. The normalized spacial score (nSPS) is 10.6. The van der Waals surface area contributed by atoms with E-state index in [0.717, 1.165) is 17.5 Å². The molecule has 1 amide bonds. The number of hydrogen-bond acceptors (Lipinski definition) is 6. The fourth-order valence-electron chi connectivity index (χ4n) is 1.97. The minimum absolute atomic E-state index is 0.0739. The zero-order chi connectivity index (χ0) is 16.9. The van der Waals surface area contributed by atoms with Crippen LogP contribution < -0.4 is 5.32 Å². The molecule has 0 aliphatic heterocycles. The monoisotopic (exact) mass is 344 g/mol. The highest BCUT2D eigenvalue weighted by molar-refractivity contribution is 7.99. The second-order valence-electron chi connectivity index (χ2n) is 4.83. The molecule has 0 saturated carbocycles. The minimum Gasteiger partial charge on any atom is -0.310 e. The van der Waals surface area contributed by atoms with Crippen molar-refractivity contribution in [3.05, 3.63) is 54.0 Å². The Morgan fingerprint density at radius 2 is 2.08 bits per heavy atom. The number of nitrogens with zero attached hydrogens (tertiary/aromatic N) is 5. The van der Waals surface area contributed by atoms with E-state index in [4.69, 9.17) is 0 Å². The third-order valence-corrected chi connectivity index (χ3v) is 3.93. The van der Waals surface area contributed by atoms with Crippen LogP contribution in [0.2, 0.25) is 0 Å². The van der Waals surface area contributed by atoms with Crippen LogP contribution in [0.15, 0.2) is 47.6 Å². The number of pyridine rings is 1. The molecule has 0 radical (unpaired) electrons. The summed E-state index contributed by atoms with van der Waals surface area (Å²) in [4.78, 5) is 16.2. The van der Waals surface area contributed by atoms with Crippen LogP contribution in [0.25, 0.3) is 5.69 Å². The lowest BCUT2D eigenvalue weighted by Crippen LogP contribution is -2.15. The van der Waals surface area contributed by atoms with Crippen molar-refractivity contribution in [2.45, 2.75) is 12.1 Å². The smallest absolute Gasteiger partial charge is 0.236 e. The maximum atomic E-state index is 13.8. The number of para-hydroxylation sites is 1. The van der Waals surface area contributed by atoms with Crippen LogP contribution in [0.4, 0.5) is 10.2 Å². The maximum absolute atomic E-state index is 13.8. The van der Waals surface area contributed by atoms with Crippen LogP contribution in [0.3, 0.4) is 0 Å². The number of benzene rings is 1. The van der Waals surface area contributed by atoms with Crippen LogP contribution in [-0.2, 0) is 4.79 Å². The fourth-order valence-corrected chi connectivity index (χ4v) is 2.65. The van der Waals surface area contributed by atoms with Gasteiger partial charge in [-0.05, 0) is 41.6 Å². The summed E-state index contributed by atoms with van der Waals surface area (Å²) >= 11 is 1.11. The molecule has 3 rings (SSSR count). The molecule has 9 heteroatoms. The number of halogens is 1. The molecule has 0 aliphatic carbocycles. The average molecular weight is 344 g/mol. The Balaban J connectivity index is 1.67. The highest BCUT2D eigenvalue weighted by Gasteiger charge is 2.14. The summed E-state index contributed by atoms with van der Waals surface area (Å²) in [7, 11) is 0. The predicted octanol–water partition coefficient (Wildman–Crippen LogP) is 2.24. The van der Waals surface area contributed by atoms with E-state index in [0.29, 0.717) is 11.0 Å². The Morgan fingerprint density at radius 3 is 2.88 bits per heavy atom. The summed E-state index contributed by atoms with van der Waals surface area (Å²) in [5.74, 6) is -0.139. The number of thioether (sulfide) groups is 1. The molecule has 1 aromatic carbocycles. The number of carbonyl (C=O) groups excluding carboxylic acids is 1. The van der Waals surface area contributed by atoms with Crippen LogP contribution in [-0.4, -0.2) is 36.9 Å². The van der Waals surface area contributed by atoms with Crippen molar-refractivity contribution in [2.24, 2.45) is 0 Å². The van der Waals surface area contributed by atoms with Crippen molar-refractivity contribution in [1.29, 1.82) is 0 Å². The Morgan fingerprint density at radius 1 is 1.25 bits per heavy atom. The molecule has 0 aliphatic rings. The standard InChI is InChI=1S/C15H13FN6OS/c1-10-5-4-8-13(17-10)18-14(23)9-24-15-19-20-21-22(15)12-7-3-2-6-11(12)16/h2-8H,9H2,1H3,(H,17,18,23). The van der Waals surface area contributed by atoms with E-state index in [1.807, 2.05) is 19.1 Å². The van der Waals surface area contributed by atoms with E-state index in [1.165, 1.54) is 10.7 Å². The molecule has 2 aromatic heterocycles. The zero-order valence-corrected chi connectivity index (χ0v) is 13.5. The molecule has 3 aromatic rings. The van der Waals surface area contributed by atoms with Crippen molar-refractivity contribution < 1.29 is 9.18 Å². The van der Waals surface area contributed by atoms with Crippen LogP contribution >= 0.6 is 11.8 Å². The van der Waals surface area contributed by atoms with Gasteiger partial charge in [0, 0.05) is 5.69 Å². The number of aryl methyl sites for hydroxylation is 1. The number of rotatable bonds is 5. The van der Waals surface area contributed by atoms with Crippen molar-refractivity contribution >= 4 is 23.5 Å². The first kappa shape index (κ1) is 16.1. The van der Waals surface area contributed by atoms with Gasteiger partial charge in [-0.2, -0.15) is 4.68 Å². The molecule has 1 N–H and O–H groups in total. The van der Waals surface area contributed by atoms with Crippen molar-refractivity contribution in [3.8, 4) is 5.69 Å². The van der Waals surface area contributed by atoms with Crippen LogP contribution in [0.5, 0.6) is 0 Å². The van der Waals surface area contributed by atoms with Gasteiger partial charge in [-0.15, -0.1) is 5.10 Å². The van der Waals surface area contributed by atoms with E-state index in [9.17, 15) is 9.18 Å². The predicted molar refractivity (Wildman–Crippen MR) is 87.4 cm³/mol. The number of aromatic nitrogens is 5. The van der Waals surface area contributed by atoms with Crippen LogP contribution in [0, 0.1) is 12.7 Å². The number of tetrazole rings is 1. The van der Waals surface area contributed by atoms with Gasteiger partial charge >= 0.3 is 0 Å². The summed E-state index contributed by atoms with van der Waals surface area (Å²) < 4.78 is 15.1. The first-order valence-electron chi connectivity index (χ1n) is 7.03. The highest BCUT2D eigenvalue weighted by atomic mass is 32.2. The van der Waals surface area contributed by atoms with Crippen molar-refractivity contribution in [2.75, 3.05) is 11.1 Å². The maximum Gasteiger partial charge on any atom is 0.236 e. The first-order chi connectivity index (χ1) is 11.6. The van der Waals surface area contributed by atoms with Gasteiger partial charge in [-0.1, -0.05) is 30.0 Å². The fraction of sp³-hybridized carbons (Fsp3) is 0.133. The van der Waals surface area contributed by atoms with Gasteiger partial charge in [-0.3, -0.25) is 4.79 Å². The molecule has 24 heavy (non-hydrogen) atoms. The summed E-state index contributed by atoms with van der Waals surface area (Å²) in [6.07, 6.45) is 0. The first-order valence-corrected chi connectivity index (χ1v) is 8.01. The topological polar surface area (TPSA) is 85.6 Å². The molecular formula is C15H13FN6OS. The van der Waals surface area contributed by atoms with Crippen molar-refractivity contribution in [1.82, 2.24) is 25.2 Å². The third kappa shape index (κ3) is 3.74. The Hall–Kier alpha value is -2.81. The lowest BCUT2D eigenvalue weighted by Gasteiger charge is -2.06. The number of amides is 1. The molecule has 0 spiro atoms. The number of carbonyl (C=O) groups is 1. The van der Waals surface area contributed by atoms with Gasteiger partial charge in [0.15, 0.2) is 0 Å². The van der Waals surface area contributed by atoms with E-state index in [-0.39, 0.29) is 17.3 Å². The summed E-state index contributed by atoms with van der Waals surface area (Å²) in [5.41, 5.74) is 1.04. The van der Waals surface area contributed by atoms with Crippen molar-refractivity contribution in [3.63, 3.8) is 0 Å². The summed E-state index contributed by atoms with van der Waals surface area (Å²) in [6, 6.07) is 11.5. The number of anilines is 1. The third-order valence-electron chi connectivity index (χ3n) is 3.01. The lowest BCUT2D eigenvalue weighted by atomic mass is 10.3. The largest absolute Gasteiger partial charge is 0.310 e. The second kappa shape index (κ2) is 7.18. The van der Waals surface area contributed by atoms with Gasteiger partial charge < -0.3 is 5.32 Å². The zero-order valence-electron chi connectivity index (χ0n) is 12.7.